The summed E-state index contributed by atoms with van der Waals surface area (Å²) < 4.78 is 18.2. The van der Waals surface area contributed by atoms with E-state index in [9.17, 15) is 72.2 Å². The number of aldehydes is 1. The van der Waals surface area contributed by atoms with Crippen LogP contribution in [0.2, 0.25) is 0 Å². The van der Waals surface area contributed by atoms with Crippen LogP contribution in [0.5, 0.6) is 0 Å². The second-order valence-corrected chi connectivity index (χ2v) is 32.3. The Kier molecular flexibility index (Phi) is 42.8. The second-order valence-electron chi connectivity index (χ2n) is 32.3. The summed E-state index contributed by atoms with van der Waals surface area (Å²) in [5.74, 6) is -5.09. The molecule has 0 saturated carbocycles. The Balaban J connectivity index is 0.000000249. The SMILES string of the molecule is C=C1CCCC(=O)N2[C@H](C(=O)NCC=O)CCCN12.C=C1CC[C@H](NC(=O)CCc2ccccc2)C(=O)N2[C@H](C(=O)NCCOC(C)=O)CCCN12.C=C1CC[C@H](NC(=O)CCc2ccccc2)C(=O)N2[C@H](C(=O)O)CCCN12.C=C1CC[C@H](NC(=O)CCc2ccccc2)C(=O)N2[C@H](C(=O)OC(C)(C)C)CCCN12.CC(=O)O.NC(=O)CCc1ccccc1.[B]=O. The van der Waals surface area contributed by atoms with E-state index in [4.69, 9.17) is 29.8 Å². The van der Waals surface area contributed by atoms with Gasteiger partial charge >= 0.3 is 30.3 Å². The van der Waals surface area contributed by atoms with E-state index in [1.54, 1.807) is 20.0 Å². The first-order valence-corrected chi connectivity index (χ1v) is 43.1. The number of esters is 2. The number of nitrogens with zero attached hydrogens (tertiary/aromatic N) is 8. The van der Waals surface area contributed by atoms with E-state index in [1.807, 2.05) is 147 Å². The number of hydrogen-bond acceptors (Lipinski definition) is 22. The molecule has 127 heavy (non-hydrogen) atoms. The third kappa shape index (κ3) is 33.5. The number of ether oxygens (including phenoxy) is 2. The van der Waals surface area contributed by atoms with Crippen LogP contribution in [0.4, 0.5) is 0 Å². The fourth-order valence-corrected chi connectivity index (χ4v) is 15.4. The van der Waals surface area contributed by atoms with Crippen molar-refractivity contribution < 1.29 is 96.3 Å². The van der Waals surface area contributed by atoms with Gasteiger partial charge in [0, 0.05) is 94.9 Å². The molecule has 8 aliphatic rings. The first kappa shape index (κ1) is 103. The number of rotatable bonds is 24. The molecule has 4 aromatic rings. The molecule has 0 bridgehead atoms. The van der Waals surface area contributed by atoms with Crippen LogP contribution in [0.3, 0.4) is 0 Å². The molecule has 35 heteroatoms. The Morgan fingerprint density at radius 2 is 0.780 bits per heavy atom. The van der Waals surface area contributed by atoms with Crippen molar-refractivity contribution in [1.82, 2.24) is 66.7 Å². The van der Waals surface area contributed by atoms with E-state index < -0.39 is 71.8 Å². The quantitative estimate of drug-likeness (QED) is 0.0153. The number of carbonyl (C=O) groups is 15. The number of aliphatic carboxylic acids is 2. The Morgan fingerprint density at radius 3 is 1.13 bits per heavy atom. The van der Waals surface area contributed by atoms with Gasteiger partial charge in [-0.2, -0.15) is 0 Å². The standard InChI is InChI=1S/C24H32N4O5.C24H33N3O4.C20H25N3O4.C13H19N3O3.C9H11NO.C2H4O2.BO/c1-17-10-12-20(26-22(30)13-11-19-7-4-3-5-8-19)24(32)28-21(9-6-15-27(17)28)23(31)25-14-16-33-18(2)29;1-17-12-14-19(25-21(28)15-13-18-9-6-5-7-10-18)22(29)27-20(11-8-16-26(17)27)23(30)31-24(2,3)4;1-14-9-11-16(21-18(24)12-10-15-6-3-2-4-7-15)19(25)23-17(20(26)27)8-5-13-22(14)23;1-10-4-2-6-12(18)16-11(5-3-8-15(10)16)13(19)14-7-9-17;10-9(11)7-6-8-4-2-1-3-5-8;1-2(3)4;1-2/h3-5,7-8,20-21H,1,6,9-16H2,2H3,(H,25,31)(H,26,30);5-7,9-10,19-20H,1,8,11-16H2,2-4H3,(H,25,28);2-4,6-7,16-17H,1,5,8-13H2,(H,21,24)(H,26,27);9,11H,1-8H2,(H,14,19);1-5H,6-7H2,(H2,10,11);1H3,(H,3,4);/t20-,21-;19-,20-;16-,17-;11-;;;/m0000.../s1. The van der Waals surface area contributed by atoms with Crippen LogP contribution in [0.1, 0.15) is 192 Å². The van der Waals surface area contributed by atoms with Crippen LogP contribution in [0, 0.1) is 0 Å². The van der Waals surface area contributed by atoms with E-state index in [1.165, 1.54) is 22.0 Å². The van der Waals surface area contributed by atoms with Gasteiger partial charge in [-0.1, -0.05) is 148 Å². The van der Waals surface area contributed by atoms with Crippen molar-refractivity contribution in [3.63, 3.8) is 0 Å². The summed E-state index contributed by atoms with van der Waals surface area (Å²) in [6.45, 7) is 26.8. The minimum atomic E-state index is -1.03. The molecule has 8 heterocycles. The van der Waals surface area contributed by atoms with Crippen LogP contribution >= 0.6 is 0 Å². The molecule has 34 nitrogen and oxygen atoms in total. The number of carboxylic acids is 2. The van der Waals surface area contributed by atoms with Gasteiger partial charge in [0.1, 0.15) is 48.7 Å². The summed E-state index contributed by atoms with van der Waals surface area (Å²) in [6, 6.07) is 34.0. The van der Waals surface area contributed by atoms with Crippen molar-refractivity contribution in [2.75, 3.05) is 45.9 Å². The number of aryl methyl sites for hydroxylation is 4. The van der Waals surface area contributed by atoms with Gasteiger partial charge in [0.05, 0.1) is 13.1 Å². The zero-order valence-electron chi connectivity index (χ0n) is 73.6. The van der Waals surface area contributed by atoms with Gasteiger partial charge in [0.25, 0.3) is 23.7 Å². The van der Waals surface area contributed by atoms with Crippen molar-refractivity contribution in [1.29, 1.82) is 0 Å². The predicted octanol–water partition coefficient (Wildman–Crippen LogP) is 6.87. The maximum atomic E-state index is 13.4. The number of carbonyl (C=O) groups excluding carboxylic acids is 13. The molecule has 0 unspecified atom stereocenters. The Labute approximate surface area is 743 Å². The van der Waals surface area contributed by atoms with E-state index in [-0.39, 0.29) is 91.6 Å². The predicted molar refractivity (Wildman–Crippen MR) is 470 cm³/mol. The number of nitrogens with one attached hydrogen (secondary N) is 5. The van der Waals surface area contributed by atoms with Gasteiger partial charge in [-0.05, 0) is 171 Å². The zero-order chi connectivity index (χ0) is 93.3. The van der Waals surface area contributed by atoms with Crippen molar-refractivity contribution in [3.05, 3.63) is 193 Å². The fourth-order valence-electron chi connectivity index (χ4n) is 15.4. The third-order valence-electron chi connectivity index (χ3n) is 21.5. The van der Waals surface area contributed by atoms with Crippen LogP contribution in [-0.4, -0.2) is 241 Å². The second kappa shape index (κ2) is 52.8. The summed E-state index contributed by atoms with van der Waals surface area (Å²) in [5, 5.41) is 43.6. The van der Waals surface area contributed by atoms with Crippen molar-refractivity contribution in [3.8, 4) is 0 Å². The molecule has 12 rings (SSSR count). The molecule has 0 spiro atoms. The molecule has 10 amide bonds. The van der Waals surface area contributed by atoms with Crippen molar-refractivity contribution >= 4 is 97.0 Å². The van der Waals surface area contributed by atoms with E-state index in [0.29, 0.717) is 135 Å². The molecule has 1 radical (unpaired) electrons. The minimum absolute atomic E-state index is 0.0156. The van der Waals surface area contributed by atoms with Crippen LogP contribution in [0.15, 0.2) is 170 Å². The number of amides is 10. The van der Waals surface area contributed by atoms with Gasteiger partial charge in [-0.3, -0.25) is 77.6 Å². The summed E-state index contributed by atoms with van der Waals surface area (Å²) in [5.41, 5.74) is 11.8. The Bertz CT molecular complexity index is 4440. The van der Waals surface area contributed by atoms with Crippen molar-refractivity contribution in [2.24, 2.45) is 5.73 Å². The molecule has 4 aromatic carbocycles. The number of fused-ring (bicyclic) bond motifs is 4. The first-order chi connectivity index (χ1) is 60.7. The molecule has 685 valence electrons. The van der Waals surface area contributed by atoms with Gasteiger partial charge in [-0.25, -0.2) is 29.6 Å². The molecule has 9 N–H and O–H groups in total. The normalized spacial score (nSPS) is 20.1. The molecule has 7 atom stereocenters. The average Bonchev–Trinajstić information content (AvgIpc) is 1.74. The fraction of sp³-hybridized carbons (Fsp3) is 0.489. The first-order valence-electron chi connectivity index (χ1n) is 43.1. The molecular formula is C92H124BN14O20. The average molecular weight is 1760 g/mol. The number of carboxylic acid groups (broad SMARTS) is 2. The monoisotopic (exact) mass is 1760 g/mol. The van der Waals surface area contributed by atoms with Gasteiger partial charge in [0.15, 0.2) is 12.1 Å². The molecule has 0 aromatic heterocycles. The number of benzene rings is 4. The number of hydrazine groups is 4. The third-order valence-corrected chi connectivity index (χ3v) is 21.5. The number of hydrogen-bond donors (Lipinski definition) is 8. The number of allylic oxidation sites excluding steroid dienone is 4. The molecule has 8 aliphatic heterocycles. The van der Waals surface area contributed by atoms with Gasteiger partial charge < -0.3 is 56.8 Å². The van der Waals surface area contributed by atoms with E-state index >= 15 is 0 Å². The zero-order valence-corrected chi connectivity index (χ0v) is 73.6. The number of nitrogens with two attached hydrogens (primary N) is 1. The van der Waals surface area contributed by atoms with E-state index in [0.717, 1.165) is 97.0 Å². The maximum absolute atomic E-state index is 13.4. The summed E-state index contributed by atoms with van der Waals surface area (Å²) in [6.07, 6.45) is 14.5. The Morgan fingerprint density at radius 1 is 0.457 bits per heavy atom. The summed E-state index contributed by atoms with van der Waals surface area (Å²) in [4.78, 5) is 180. The van der Waals surface area contributed by atoms with Crippen LogP contribution in [0.25, 0.3) is 0 Å². The molecule has 8 saturated heterocycles. The van der Waals surface area contributed by atoms with Gasteiger partial charge in [-0.15, -0.1) is 0 Å². The molecule has 8 fully saturated rings. The van der Waals surface area contributed by atoms with E-state index in [2.05, 4.69) is 60.6 Å². The number of primary amides is 1. The van der Waals surface area contributed by atoms with Gasteiger partial charge in [0.2, 0.25) is 41.4 Å². The van der Waals surface area contributed by atoms with Crippen LogP contribution in [-0.2, 0) is 112 Å². The molecular weight excluding hydrogens is 1630 g/mol. The summed E-state index contributed by atoms with van der Waals surface area (Å²) in [7, 11) is 3.25. The Hall–Kier alpha value is -12.8. The topological polar surface area (TPSA) is 444 Å². The molecule has 0 aliphatic carbocycles. The van der Waals surface area contributed by atoms with Crippen LogP contribution < -0.4 is 32.3 Å². The summed E-state index contributed by atoms with van der Waals surface area (Å²) >= 11 is 0. The van der Waals surface area contributed by atoms with Crippen molar-refractivity contribution in [2.45, 2.75) is 243 Å².